The molecule has 1 N–H and O–H groups in total. The second-order valence-electron chi connectivity index (χ2n) is 5.20. The Labute approximate surface area is 136 Å². The van der Waals surface area contributed by atoms with Crippen molar-refractivity contribution >= 4 is 28.1 Å². The van der Waals surface area contributed by atoms with Crippen LogP contribution in [0.4, 0.5) is 5.69 Å². The number of nitrogens with zero attached hydrogens (tertiary/aromatic N) is 2. The summed E-state index contributed by atoms with van der Waals surface area (Å²) in [6.07, 6.45) is 1.75. The minimum Gasteiger partial charge on any atom is -0.316 e. The second-order valence-corrected chi connectivity index (χ2v) is 7.13. The van der Waals surface area contributed by atoms with Crippen molar-refractivity contribution in [1.82, 2.24) is 9.62 Å². The van der Waals surface area contributed by atoms with Crippen molar-refractivity contribution in [2.45, 2.75) is 30.7 Å². The average molecular weight is 350 g/mol. The lowest BCUT2D eigenvalue weighted by Gasteiger charge is -2.31. The van der Waals surface area contributed by atoms with Crippen LogP contribution >= 0.6 is 12.4 Å². The van der Waals surface area contributed by atoms with Crippen LogP contribution in [0.3, 0.4) is 0 Å². The first kappa shape index (κ1) is 18.8. The largest absolute Gasteiger partial charge is 0.316 e. The summed E-state index contributed by atoms with van der Waals surface area (Å²) >= 11 is 0. The predicted octanol–water partition coefficient (Wildman–Crippen LogP) is 1.70. The normalized spacial score (nSPS) is 19.5. The van der Waals surface area contributed by atoms with Crippen molar-refractivity contribution in [3.8, 4) is 0 Å². The zero-order chi connectivity index (χ0) is 15.6. The number of aryl methyl sites for hydroxylation is 1. The SMILES string of the molecule is CNC1CCCN(S(=O)(=O)c2ccc([N+](=O)[O-])c(C)c2)C1.Cl. The highest BCUT2D eigenvalue weighted by Gasteiger charge is 2.30. The molecule has 1 saturated heterocycles. The Morgan fingerprint density at radius 2 is 2.09 bits per heavy atom. The molecule has 0 aliphatic carbocycles. The van der Waals surface area contributed by atoms with E-state index in [-0.39, 0.29) is 29.0 Å². The van der Waals surface area contributed by atoms with Crippen LogP contribution in [0.15, 0.2) is 23.1 Å². The van der Waals surface area contributed by atoms with Crippen molar-refractivity contribution in [2.75, 3.05) is 20.1 Å². The van der Waals surface area contributed by atoms with Crippen LogP contribution in [0.2, 0.25) is 0 Å². The number of benzene rings is 1. The third-order valence-corrected chi connectivity index (χ3v) is 5.66. The van der Waals surface area contributed by atoms with Gasteiger partial charge in [-0.05, 0) is 38.9 Å². The number of likely N-dealkylation sites (N-methyl/N-ethyl adjacent to an activating group) is 1. The maximum absolute atomic E-state index is 12.6. The lowest BCUT2D eigenvalue weighted by Crippen LogP contribution is -2.46. The Hall–Kier alpha value is -1.22. The molecule has 2 rings (SSSR count). The van der Waals surface area contributed by atoms with Crippen molar-refractivity contribution in [3.63, 3.8) is 0 Å². The Balaban J connectivity index is 0.00000242. The number of sulfonamides is 1. The van der Waals surface area contributed by atoms with Crippen LogP contribution in [0, 0.1) is 17.0 Å². The third kappa shape index (κ3) is 3.75. The molecule has 1 aromatic rings. The van der Waals surface area contributed by atoms with Gasteiger partial charge in [0.05, 0.1) is 9.82 Å². The van der Waals surface area contributed by atoms with Gasteiger partial charge in [-0.1, -0.05) is 0 Å². The first-order valence-corrected chi connectivity index (χ1v) is 8.22. The highest BCUT2D eigenvalue weighted by Crippen LogP contribution is 2.25. The molecule has 7 nitrogen and oxygen atoms in total. The first-order chi connectivity index (χ1) is 9.86. The van der Waals surface area contributed by atoms with E-state index < -0.39 is 14.9 Å². The Morgan fingerprint density at radius 3 is 2.64 bits per heavy atom. The van der Waals surface area contributed by atoms with Gasteiger partial charge in [0.1, 0.15) is 0 Å². The summed E-state index contributed by atoms with van der Waals surface area (Å²) in [5, 5.41) is 13.9. The zero-order valence-corrected chi connectivity index (χ0v) is 14.1. The molecular weight excluding hydrogens is 330 g/mol. The molecule has 0 bridgehead atoms. The molecular formula is C13H20ClN3O4S. The summed E-state index contributed by atoms with van der Waals surface area (Å²) in [5.41, 5.74) is 0.281. The van der Waals surface area contributed by atoms with Crippen LogP contribution < -0.4 is 5.32 Å². The topological polar surface area (TPSA) is 92.6 Å². The number of halogens is 1. The highest BCUT2D eigenvalue weighted by atomic mass is 35.5. The van der Waals surface area contributed by atoms with E-state index in [1.54, 1.807) is 6.92 Å². The molecule has 0 saturated carbocycles. The first-order valence-electron chi connectivity index (χ1n) is 6.78. The van der Waals surface area contributed by atoms with Crippen LogP contribution in [0.1, 0.15) is 18.4 Å². The van der Waals surface area contributed by atoms with Gasteiger partial charge < -0.3 is 5.32 Å². The van der Waals surface area contributed by atoms with Gasteiger partial charge in [0.25, 0.3) is 5.69 Å². The molecule has 124 valence electrons. The summed E-state index contributed by atoms with van der Waals surface area (Å²) in [6.45, 7) is 2.45. The average Bonchev–Trinajstić information content (AvgIpc) is 2.46. The van der Waals surface area contributed by atoms with E-state index in [2.05, 4.69) is 5.32 Å². The molecule has 1 fully saturated rings. The van der Waals surface area contributed by atoms with E-state index in [9.17, 15) is 18.5 Å². The lowest BCUT2D eigenvalue weighted by molar-refractivity contribution is -0.385. The van der Waals surface area contributed by atoms with Gasteiger partial charge in [0.2, 0.25) is 10.0 Å². The summed E-state index contributed by atoms with van der Waals surface area (Å²) in [4.78, 5) is 10.4. The maximum atomic E-state index is 12.6. The van der Waals surface area contributed by atoms with Gasteiger partial charge in [0, 0.05) is 30.8 Å². The quantitative estimate of drug-likeness (QED) is 0.659. The Kier molecular flexibility index (Phi) is 6.30. The lowest BCUT2D eigenvalue weighted by atomic mass is 10.1. The van der Waals surface area contributed by atoms with Crippen molar-refractivity contribution < 1.29 is 13.3 Å². The number of rotatable bonds is 4. The van der Waals surface area contributed by atoms with E-state index in [0.717, 1.165) is 12.8 Å². The molecule has 1 atom stereocenters. The number of hydrogen-bond donors (Lipinski definition) is 1. The highest BCUT2D eigenvalue weighted by molar-refractivity contribution is 7.89. The number of nitro groups is 1. The monoisotopic (exact) mass is 349 g/mol. The van der Waals surface area contributed by atoms with Crippen molar-refractivity contribution in [2.24, 2.45) is 0 Å². The van der Waals surface area contributed by atoms with Crippen LogP contribution in [-0.2, 0) is 10.0 Å². The summed E-state index contributed by atoms with van der Waals surface area (Å²) in [7, 11) is -1.78. The third-order valence-electron chi connectivity index (χ3n) is 3.80. The van der Waals surface area contributed by atoms with Gasteiger partial charge in [-0.25, -0.2) is 8.42 Å². The number of nitro benzene ring substituents is 1. The van der Waals surface area contributed by atoms with Gasteiger partial charge in [-0.2, -0.15) is 4.31 Å². The van der Waals surface area contributed by atoms with E-state index >= 15 is 0 Å². The molecule has 1 aliphatic rings. The molecule has 0 amide bonds. The molecule has 1 aliphatic heterocycles. The molecule has 1 heterocycles. The van der Waals surface area contributed by atoms with Crippen LogP contribution in [-0.4, -0.2) is 43.8 Å². The predicted molar refractivity (Wildman–Crippen MR) is 85.9 cm³/mol. The summed E-state index contributed by atoms with van der Waals surface area (Å²) < 4.78 is 26.7. The van der Waals surface area contributed by atoms with E-state index in [1.165, 1.54) is 22.5 Å². The molecule has 1 unspecified atom stereocenters. The van der Waals surface area contributed by atoms with Crippen LogP contribution in [0.5, 0.6) is 0 Å². The van der Waals surface area contributed by atoms with Crippen LogP contribution in [0.25, 0.3) is 0 Å². The maximum Gasteiger partial charge on any atom is 0.272 e. The van der Waals surface area contributed by atoms with Gasteiger partial charge in [-0.15, -0.1) is 12.4 Å². The number of hydrogen-bond acceptors (Lipinski definition) is 5. The fourth-order valence-electron chi connectivity index (χ4n) is 2.54. The standard InChI is InChI=1S/C13H19N3O4S.ClH/c1-10-8-12(5-6-13(10)16(17)18)21(19,20)15-7-3-4-11(9-15)14-2;/h5-6,8,11,14H,3-4,7,9H2,1-2H3;1H. The number of nitrogens with one attached hydrogen (secondary N) is 1. The smallest absolute Gasteiger partial charge is 0.272 e. The van der Waals surface area contributed by atoms with Crippen molar-refractivity contribution in [3.05, 3.63) is 33.9 Å². The molecule has 0 radical (unpaired) electrons. The van der Waals surface area contributed by atoms with E-state index in [0.29, 0.717) is 18.7 Å². The van der Waals surface area contributed by atoms with E-state index in [4.69, 9.17) is 0 Å². The van der Waals surface area contributed by atoms with Gasteiger partial charge >= 0.3 is 0 Å². The van der Waals surface area contributed by atoms with E-state index in [1.807, 2.05) is 7.05 Å². The fourth-order valence-corrected chi connectivity index (χ4v) is 4.15. The Bertz CT molecular complexity index is 651. The molecule has 1 aromatic carbocycles. The molecule has 9 heteroatoms. The number of piperidine rings is 1. The molecule has 0 aromatic heterocycles. The van der Waals surface area contributed by atoms with Gasteiger partial charge in [-0.3, -0.25) is 10.1 Å². The molecule has 22 heavy (non-hydrogen) atoms. The van der Waals surface area contributed by atoms with Gasteiger partial charge in [0.15, 0.2) is 0 Å². The second kappa shape index (κ2) is 7.36. The fraction of sp³-hybridized carbons (Fsp3) is 0.538. The zero-order valence-electron chi connectivity index (χ0n) is 12.5. The molecule has 0 spiro atoms. The summed E-state index contributed by atoms with van der Waals surface area (Å²) in [5.74, 6) is 0. The minimum atomic E-state index is -3.60. The Morgan fingerprint density at radius 1 is 1.41 bits per heavy atom. The minimum absolute atomic E-state index is 0. The summed E-state index contributed by atoms with van der Waals surface area (Å²) in [6, 6.07) is 4.08. The van der Waals surface area contributed by atoms with Crippen molar-refractivity contribution in [1.29, 1.82) is 0 Å².